The van der Waals surface area contributed by atoms with E-state index in [4.69, 9.17) is 27.9 Å². The molecule has 31 heavy (non-hydrogen) atoms. The molecule has 158 valence electrons. The summed E-state index contributed by atoms with van der Waals surface area (Å²) in [7, 11) is 0. The Hall–Kier alpha value is -3.42. The van der Waals surface area contributed by atoms with Crippen molar-refractivity contribution in [3.05, 3.63) is 104 Å². The van der Waals surface area contributed by atoms with Crippen LogP contribution in [0.2, 0.25) is 10.0 Å². The summed E-state index contributed by atoms with van der Waals surface area (Å²) < 4.78 is 5.83. The van der Waals surface area contributed by atoms with Crippen molar-refractivity contribution in [3.63, 3.8) is 0 Å². The molecule has 0 atom stereocenters. The maximum atomic E-state index is 12.1. The Labute approximate surface area is 188 Å². The number of hydrazone groups is 1. The molecule has 0 aromatic heterocycles. The molecule has 1 N–H and O–H groups in total. The fourth-order valence-electron chi connectivity index (χ4n) is 2.73. The van der Waals surface area contributed by atoms with E-state index in [1.165, 1.54) is 18.3 Å². The van der Waals surface area contributed by atoms with E-state index in [0.717, 1.165) is 5.56 Å². The average Bonchev–Trinajstić information content (AvgIpc) is 2.75. The highest BCUT2D eigenvalue weighted by Crippen LogP contribution is 2.24. The van der Waals surface area contributed by atoms with E-state index in [1.807, 2.05) is 18.2 Å². The first-order valence-corrected chi connectivity index (χ1v) is 9.89. The number of nitrogens with one attached hydrogen (secondary N) is 1. The second kappa shape index (κ2) is 10.6. The molecule has 3 rings (SSSR count). The summed E-state index contributed by atoms with van der Waals surface area (Å²) in [4.78, 5) is 22.7. The molecule has 0 aliphatic heterocycles. The lowest BCUT2D eigenvalue weighted by atomic mass is 10.1. The van der Waals surface area contributed by atoms with Gasteiger partial charge in [0, 0.05) is 17.2 Å². The van der Waals surface area contributed by atoms with Gasteiger partial charge in [-0.2, -0.15) is 5.10 Å². The van der Waals surface area contributed by atoms with Gasteiger partial charge in [-0.05, 0) is 29.8 Å². The number of rotatable bonds is 8. The smallest absolute Gasteiger partial charge is 0.273 e. The quantitative estimate of drug-likeness (QED) is 0.286. The number of benzene rings is 3. The molecule has 0 saturated carbocycles. The Balaban J connectivity index is 1.62. The number of ether oxygens (including phenoxy) is 1. The maximum Gasteiger partial charge on any atom is 0.273 e. The van der Waals surface area contributed by atoms with E-state index < -0.39 is 10.8 Å². The van der Waals surface area contributed by atoms with Gasteiger partial charge >= 0.3 is 0 Å². The molecule has 0 aliphatic carbocycles. The van der Waals surface area contributed by atoms with Gasteiger partial charge in [-0.15, -0.1) is 0 Å². The zero-order valence-corrected chi connectivity index (χ0v) is 17.6. The SMILES string of the molecule is O=C(Cc1ccccc1[N+](=O)[O-])NN=Cc1ccccc1OCc1ccc(Cl)c(Cl)c1. The van der Waals surface area contributed by atoms with Gasteiger partial charge < -0.3 is 4.74 Å². The Morgan fingerprint density at radius 2 is 1.81 bits per heavy atom. The minimum absolute atomic E-state index is 0.109. The molecule has 0 spiro atoms. The van der Waals surface area contributed by atoms with Crippen molar-refractivity contribution in [2.75, 3.05) is 0 Å². The summed E-state index contributed by atoms with van der Waals surface area (Å²) in [5.74, 6) is 0.0880. The van der Waals surface area contributed by atoms with Crippen LogP contribution in [0.4, 0.5) is 5.69 Å². The molecule has 0 unspecified atom stereocenters. The van der Waals surface area contributed by atoms with Gasteiger partial charge in [-0.1, -0.05) is 59.6 Å². The molecule has 3 aromatic rings. The van der Waals surface area contributed by atoms with Crippen molar-refractivity contribution in [1.82, 2.24) is 5.43 Å². The van der Waals surface area contributed by atoms with Crippen molar-refractivity contribution in [2.45, 2.75) is 13.0 Å². The number of nitro benzene ring substituents is 1. The van der Waals surface area contributed by atoms with Crippen LogP contribution in [0.5, 0.6) is 5.75 Å². The van der Waals surface area contributed by atoms with Crippen molar-refractivity contribution in [3.8, 4) is 5.75 Å². The molecule has 1 amide bonds. The summed E-state index contributed by atoms with van der Waals surface area (Å²) in [5, 5.41) is 15.9. The normalized spacial score (nSPS) is 10.8. The molecule has 0 radical (unpaired) electrons. The molecular formula is C22H17Cl2N3O4. The van der Waals surface area contributed by atoms with E-state index in [9.17, 15) is 14.9 Å². The zero-order valence-electron chi connectivity index (χ0n) is 16.1. The lowest BCUT2D eigenvalue weighted by Crippen LogP contribution is -2.20. The lowest BCUT2D eigenvalue weighted by Gasteiger charge is -2.09. The first-order chi connectivity index (χ1) is 14.9. The number of halogens is 2. The highest BCUT2D eigenvalue weighted by atomic mass is 35.5. The average molecular weight is 458 g/mol. The molecule has 3 aromatic carbocycles. The van der Waals surface area contributed by atoms with Crippen LogP contribution in [-0.2, 0) is 17.8 Å². The van der Waals surface area contributed by atoms with Crippen molar-refractivity contribution in [2.24, 2.45) is 5.10 Å². The number of carbonyl (C=O) groups is 1. The molecule has 0 aliphatic rings. The van der Waals surface area contributed by atoms with E-state index in [0.29, 0.717) is 26.9 Å². The van der Waals surface area contributed by atoms with Crippen molar-refractivity contribution < 1.29 is 14.5 Å². The van der Waals surface area contributed by atoms with Gasteiger partial charge in [0.05, 0.1) is 27.6 Å². The second-order valence-corrected chi connectivity index (χ2v) is 7.25. The molecule has 0 bridgehead atoms. The van der Waals surface area contributed by atoms with E-state index in [1.54, 1.807) is 36.4 Å². The Kier molecular flexibility index (Phi) is 7.59. The van der Waals surface area contributed by atoms with Crippen molar-refractivity contribution >= 4 is 41.0 Å². The number of para-hydroxylation sites is 2. The number of nitrogens with zero attached hydrogens (tertiary/aromatic N) is 2. The lowest BCUT2D eigenvalue weighted by molar-refractivity contribution is -0.385. The minimum Gasteiger partial charge on any atom is -0.488 e. The fraction of sp³-hybridized carbons (Fsp3) is 0.0909. The number of hydrogen-bond donors (Lipinski definition) is 1. The molecule has 0 fully saturated rings. The number of hydrogen-bond acceptors (Lipinski definition) is 5. The van der Waals surface area contributed by atoms with Gasteiger partial charge in [0.1, 0.15) is 12.4 Å². The van der Waals surface area contributed by atoms with E-state index >= 15 is 0 Å². The van der Waals surface area contributed by atoms with Crippen molar-refractivity contribution in [1.29, 1.82) is 0 Å². The Bertz CT molecular complexity index is 1140. The second-order valence-electron chi connectivity index (χ2n) is 6.43. The van der Waals surface area contributed by atoms with Gasteiger partial charge in [0.15, 0.2) is 0 Å². The highest BCUT2D eigenvalue weighted by molar-refractivity contribution is 6.42. The van der Waals surface area contributed by atoms with Crippen LogP contribution in [0.25, 0.3) is 0 Å². The van der Waals surface area contributed by atoms with E-state index in [2.05, 4.69) is 10.5 Å². The third kappa shape index (κ3) is 6.28. The third-order valence-electron chi connectivity index (χ3n) is 4.23. The summed E-state index contributed by atoms with van der Waals surface area (Å²) in [6.07, 6.45) is 1.28. The summed E-state index contributed by atoms with van der Waals surface area (Å²) in [6.45, 7) is 0.270. The van der Waals surface area contributed by atoms with Crippen LogP contribution in [-0.4, -0.2) is 17.0 Å². The van der Waals surface area contributed by atoms with Crippen LogP contribution >= 0.6 is 23.2 Å². The minimum atomic E-state index is -0.521. The molecular weight excluding hydrogens is 441 g/mol. The molecule has 9 heteroatoms. The largest absolute Gasteiger partial charge is 0.488 e. The standard InChI is InChI=1S/C22H17Cl2N3O4/c23-18-10-9-15(11-19(18)24)14-31-21-8-4-2-6-17(21)13-25-26-22(28)12-16-5-1-3-7-20(16)27(29)30/h1-11,13H,12,14H2,(H,26,28). The third-order valence-corrected chi connectivity index (χ3v) is 4.97. The number of nitro groups is 1. The van der Waals surface area contributed by atoms with Gasteiger partial charge in [-0.25, -0.2) is 5.43 Å². The van der Waals surface area contributed by atoms with Crippen LogP contribution in [0, 0.1) is 10.1 Å². The first-order valence-electron chi connectivity index (χ1n) is 9.14. The molecule has 7 nitrogen and oxygen atoms in total. The first kappa shape index (κ1) is 22.3. The monoisotopic (exact) mass is 457 g/mol. The predicted octanol–water partition coefficient (Wildman–Crippen LogP) is 5.17. The molecule has 0 saturated heterocycles. The number of carbonyl (C=O) groups excluding carboxylic acids is 1. The predicted molar refractivity (Wildman–Crippen MR) is 120 cm³/mol. The van der Waals surface area contributed by atoms with Gasteiger partial charge in [0.25, 0.3) is 5.69 Å². The summed E-state index contributed by atoms with van der Waals surface area (Å²) >= 11 is 11.9. The molecule has 0 heterocycles. The summed E-state index contributed by atoms with van der Waals surface area (Å²) in [6, 6.07) is 18.5. The van der Waals surface area contributed by atoms with Crippen LogP contribution in [0.15, 0.2) is 71.8 Å². The fourth-order valence-corrected chi connectivity index (χ4v) is 3.05. The Morgan fingerprint density at radius 3 is 2.58 bits per heavy atom. The van der Waals surface area contributed by atoms with Gasteiger partial charge in [-0.3, -0.25) is 14.9 Å². The number of amides is 1. The van der Waals surface area contributed by atoms with Crippen LogP contribution < -0.4 is 10.2 Å². The Morgan fingerprint density at radius 1 is 1.06 bits per heavy atom. The topological polar surface area (TPSA) is 93.8 Å². The zero-order chi connectivity index (χ0) is 22.2. The summed E-state index contributed by atoms with van der Waals surface area (Å²) in [5.41, 5.74) is 4.08. The highest BCUT2D eigenvalue weighted by Gasteiger charge is 2.15. The van der Waals surface area contributed by atoms with E-state index in [-0.39, 0.29) is 18.7 Å². The van der Waals surface area contributed by atoms with Crippen LogP contribution in [0.3, 0.4) is 0 Å². The maximum absolute atomic E-state index is 12.1. The van der Waals surface area contributed by atoms with Crippen LogP contribution in [0.1, 0.15) is 16.7 Å². The van der Waals surface area contributed by atoms with Gasteiger partial charge in [0.2, 0.25) is 5.91 Å².